The molecule has 9 heteroatoms. The van der Waals surface area contributed by atoms with Crippen LogP contribution in [-0.2, 0) is 7.05 Å². The van der Waals surface area contributed by atoms with E-state index in [-0.39, 0.29) is 6.10 Å². The number of hydrogen-bond acceptors (Lipinski definition) is 8. The van der Waals surface area contributed by atoms with Gasteiger partial charge in [0.25, 0.3) is 0 Å². The fraction of sp³-hybridized carbons (Fsp3) is 0.333. The zero-order valence-electron chi connectivity index (χ0n) is 21.0. The number of aliphatic hydroxyl groups excluding tert-OH is 1. The van der Waals surface area contributed by atoms with Crippen molar-refractivity contribution in [3.63, 3.8) is 0 Å². The molecule has 2 aromatic heterocycles. The lowest BCUT2D eigenvalue weighted by Crippen LogP contribution is -2.32. The molecule has 9 nitrogen and oxygen atoms in total. The lowest BCUT2D eigenvalue weighted by Gasteiger charge is -2.25. The van der Waals surface area contributed by atoms with Gasteiger partial charge < -0.3 is 30.4 Å². The third kappa shape index (κ3) is 4.80. The number of β-amino-alcohol motifs (C(OH)–C–C–N with tert-alkyl or cyclic N) is 1. The van der Waals surface area contributed by atoms with E-state index in [1.54, 1.807) is 13.3 Å². The van der Waals surface area contributed by atoms with Crippen molar-refractivity contribution < 1.29 is 9.84 Å². The summed E-state index contributed by atoms with van der Waals surface area (Å²) >= 11 is 0. The highest BCUT2D eigenvalue weighted by atomic mass is 16.5. The highest BCUT2D eigenvalue weighted by Gasteiger charge is 2.21. The van der Waals surface area contributed by atoms with Crippen LogP contribution in [0, 0.1) is 0 Å². The molecule has 1 fully saturated rings. The number of likely N-dealkylation sites (tertiary alicyclic amines) is 1. The minimum atomic E-state index is -0.216. The third-order valence-corrected chi connectivity index (χ3v) is 6.83. The second-order valence-corrected chi connectivity index (χ2v) is 9.34. The smallest absolute Gasteiger partial charge is 0.227 e. The Bertz CT molecular complexity index is 1370. The molecule has 2 aromatic carbocycles. The van der Waals surface area contributed by atoms with Crippen molar-refractivity contribution in [2.45, 2.75) is 12.5 Å². The van der Waals surface area contributed by atoms with Crippen molar-refractivity contribution in [3.8, 4) is 17.0 Å². The van der Waals surface area contributed by atoms with Crippen molar-refractivity contribution in [1.29, 1.82) is 0 Å². The number of aromatic nitrogens is 3. The van der Waals surface area contributed by atoms with Crippen molar-refractivity contribution in [3.05, 3.63) is 54.9 Å². The summed E-state index contributed by atoms with van der Waals surface area (Å²) in [5, 5.41) is 14.2. The summed E-state index contributed by atoms with van der Waals surface area (Å²) < 4.78 is 7.79. The van der Waals surface area contributed by atoms with Gasteiger partial charge in [-0.2, -0.15) is 0 Å². The fourth-order valence-corrected chi connectivity index (χ4v) is 4.85. The SMILES string of the molecule is COc1cc(N(C)CCN2CCC(O)C2)c(N)cc1Nc1nccc(-c2cn(C)c3ccccc23)n1. The summed E-state index contributed by atoms with van der Waals surface area (Å²) in [6.07, 6.45) is 4.46. The lowest BCUT2D eigenvalue weighted by atomic mass is 10.1. The number of methoxy groups -OCH3 is 1. The molecule has 1 unspecified atom stereocenters. The first-order chi connectivity index (χ1) is 17.4. The number of aryl methyl sites for hydroxylation is 1. The van der Waals surface area contributed by atoms with Gasteiger partial charge in [0.15, 0.2) is 0 Å². The molecule has 0 aliphatic carbocycles. The molecule has 4 N–H and O–H groups in total. The fourth-order valence-electron chi connectivity index (χ4n) is 4.85. The Kier molecular flexibility index (Phi) is 6.67. The molecule has 0 saturated carbocycles. The predicted molar refractivity (Wildman–Crippen MR) is 145 cm³/mol. The number of nitrogens with zero attached hydrogens (tertiary/aromatic N) is 5. The minimum Gasteiger partial charge on any atom is -0.494 e. The van der Waals surface area contributed by atoms with Crippen LogP contribution in [0.25, 0.3) is 22.2 Å². The van der Waals surface area contributed by atoms with Gasteiger partial charge in [-0.05, 0) is 24.6 Å². The summed E-state index contributed by atoms with van der Waals surface area (Å²) in [6.45, 7) is 3.31. The second kappa shape index (κ2) is 10.0. The van der Waals surface area contributed by atoms with Crippen molar-refractivity contribution in [1.82, 2.24) is 19.4 Å². The molecule has 0 bridgehead atoms. The Labute approximate surface area is 211 Å². The molecule has 188 valence electrons. The third-order valence-electron chi connectivity index (χ3n) is 6.83. The molecule has 0 amide bonds. The Morgan fingerprint density at radius 3 is 2.86 bits per heavy atom. The van der Waals surface area contributed by atoms with Gasteiger partial charge in [-0.15, -0.1) is 0 Å². The number of likely N-dealkylation sites (N-methyl/N-ethyl adjacent to an activating group) is 1. The maximum atomic E-state index is 9.77. The van der Waals surface area contributed by atoms with E-state index in [1.807, 2.05) is 44.4 Å². The number of nitrogens with one attached hydrogen (secondary N) is 1. The summed E-state index contributed by atoms with van der Waals surface area (Å²) in [5.41, 5.74) is 11.7. The van der Waals surface area contributed by atoms with Crippen LogP contribution < -0.4 is 20.7 Å². The standard InChI is InChI=1S/C27H33N7O2/c1-32(12-13-34-11-9-18(35)16-34)25-15-26(36-3)23(14-21(25)28)31-27-29-10-8-22(30-27)20-17-33(2)24-7-5-4-6-19(20)24/h4-8,10,14-15,17-18,35H,9,11-13,16,28H2,1-3H3,(H,29,30,31). The number of ether oxygens (including phenoxy) is 1. The number of rotatable bonds is 8. The summed E-state index contributed by atoms with van der Waals surface area (Å²) in [6, 6.07) is 14.0. The Hall–Kier alpha value is -3.82. The minimum absolute atomic E-state index is 0.216. The first-order valence-electron chi connectivity index (χ1n) is 12.2. The molecule has 4 aromatic rings. The van der Waals surface area contributed by atoms with E-state index in [2.05, 4.69) is 43.0 Å². The number of benzene rings is 2. The maximum Gasteiger partial charge on any atom is 0.227 e. The van der Waals surface area contributed by atoms with Gasteiger partial charge in [-0.3, -0.25) is 4.90 Å². The molecule has 1 aliphatic heterocycles. The normalized spacial score (nSPS) is 15.9. The molecule has 0 spiro atoms. The van der Waals surface area contributed by atoms with Gasteiger partial charge in [0.2, 0.25) is 5.95 Å². The van der Waals surface area contributed by atoms with E-state index in [1.165, 1.54) is 0 Å². The van der Waals surface area contributed by atoms with E-state index < -0.39 is 0 Å². The second-order valence-electron chi connectivity index (χ2n) is 9.34. The molecule has 5 rings (SSSR count). The zero-order chi connectivity index (χ0) is 25.2. The van der Waals surface area contributed by atoms with Crippen molar-refractivity contribution >= 4 is 33.9 Å². The monoisotopic (exact) mass is 487 g/mol. The van der Waals surface area contributed by atoms with Crippen LogP contribution in [-0.4, -0.2) is 71.0 Å². The summed E-state index contributed by atoms with van der Waals surface area (Å²) in [7, 11) is 5.69. The zero-order valence-corrected chi connectivity index (χ0v) is 21.0. The van der Waals surface area contributed by atoms with Gasteiger partial charge in [-0.25, -0.2) is 9.97 Å². The van der Waals surface area contributed by atoms with E-state index in [4.69, 9.17) is 15.5 Å². The summed E-state index contributed by atoms with van der Waals surface area (Å²) in [4.78, 5) is 13.6. The van der Waals surface area contributed by atoms with Crippen molar-refractivity contribution in [2.24, 2.45) is 7.05 Å². The summed E-state index contributed by atoms with van der Waals surface area (Å²) in [5.74, 6) is 1.12. The molecule has 1 atom stereocenters. The van der Waals surface area contributed by atoms with Gasteiger partial charge >= 0.3 is 0 Å². The number of nitrogen functional groups attached to an aromatic ring is 1. The highest BCUT2D eigenvalue weighted by Crippen LogP contribution is 2.36. The number of para-hydroxylation sites is 1. The molecule has 36 heavy (non-hydrogen) atoms. The molecule has 0 radical (unpaired) electrons. The Morgan fingerprint density at radius 1 is 1.25 bits per heavy atom. The van der Waals surface area contributed by atoms with Crippen LogP contribution in [0.4, 0.5) is 23.0 Å². The average molecular weight is 488 g/mol. The van der Waals surface area contributed by atoms with Crippen LogP contribution in [0.1, 0.15) is 6.42 Å². The number of fused-ring (bicyclic) bond motifs is 1. The molecule has 1 saturated heterocycles. The largest absolute Gasteiger partial charge is 0.494 e. The number of hydrogen-bond donors (Lipinski definition) is 3. The van der Waals surface area contributed by atoms with Crippen LogP contribution in [0.2, 0.25) is 0 Å². The topological polar surface area (TPSA) is 105 Å². The van der Waals surface area contributed by atoms with Gasteiger partial charge in [0.1, 0.15) is 5.75 Å². The molecule has 1 aliphatic rings. The van der Waals surface area contributed by atoms with Crippen LogP contribution >= 0.6 is 0 Å². The molecular formula is C27H33N7O2. The van der Waals surface area contributed by atoms with Gasteiger partial charge in [0, 0.05) is 75.2 Å². The maximum absolute atomic E-state index is 9.77. The van der Waals surface area contributed by atoms with E-state index in [9.17, 15) is 5.11 Å². The highest BCUT2D eigenvalue weighted by molar-refractivity contribution is 5.95. The first kappa shape index (κ1) is 23.9. The quantitative estimate of drug-likeness (QED) is 0.325. The first-order valence-corrected chi connectivity index (χ1v) is 12.2. The Morgan fingerprint density at radius 2 is 2.08 bits per heavy atom. The number of nitrogens with two attached hydrogens (primary N) is 1. The van der Waals surface area contributed by atoms with Gasteiger partial charge in [-0.1, -0.05) is 18.2 Å². The van der Waals surface area contributed by atoms with E-state index in [0.29, 0.717) is 23.1 Å². The number of aliphatic hydroxyl groups is 1. The lowest BCUT2D eigenvalue weighted by molar-refractivity contribution is 0.177. The predicted octanol–water partition coefficient (Wildman–Crippen LogP) is 3.47. The van der Waals surface area contributed by atoms with Crippen molar-refractivity contribution in [2.75, 3.05) is 56.3 Å². The van der Waals surface area contributed by atoms with E-state index >= 15 is 0 Å². The Balaban J connectivity index is 1.36. The number of anilines is 4. The van der Waals surface area contributed by atoms with Crippen LogP contribution in [0.15, 0.2) is 54.9 Å². The van der Waals surface area contributed by atoms with Crippen LogP contribution in [0.5, 0.6) is 5.75 Å². The molecule has 3 heterocycles. The molecular weight excluding hydrogens is 454 g/mol. The average Bonchev–Trinajstić information content (AvgIpc) is 3.45. The van der Waals surface area contributed by atoms with E-state index in [0.717, 1.165) is 60.4 Å². The van der Waals surface area contributed by atoms with Crippen LogP contribution in [0.3, 0.4) is 0 Å². The van der Waals surface area contributed by atoms with Gasteiger partial charge in [0.05, 0.1) is 36.0 Å².